The molecule has 1 atom stereocenters. The number of hydrogen-bond acceptors (Lipinski definition) is 5. The van der Waals surface area contributed by atoms with Crippen LogP contribution in [0.4, 0.5) is 0 Å². The summed E-state index contributed by atoms with van der Waals surface area (Å²) in [6.07, 6.45) is 0. The maximum atomic E-state index is 13.5. The van der Waals surface area contributed by atoms with Crippen LogP contribution in [0.15, 0.2) is 71.6 Å². The molecule has 0 bridgehead atoms. The molecular weight excluding hydrogens is 410 g/mol. The molecule has 0 radical (unpaired) electrons. The lowest BCUT2D eigenvalue weighted by Gasteiger charge is -2.35. The number of piperazine rings is 1. The Balaban J connectivity index is 1.64. The second-order valence-electron chi connectivity index (χ2n) is 7.61. The van der Waals surface area contributed by atoms with Crippen LogP contribution < -0.4 is 5.32 Å². The van der Waals surface area contributed by atoms with Crippen molar-refractivity contribution >= 4 is 21.1 Å². The van der Waals surface area contributed by atoms with Crippen LogP contribution in [0.25, 0.3) is 22.3 Å². The molecule has 1 unspecified atom stereocenters. The minimum absolute atomic E-state index is 0.292. The van der Waals surface area contributed by atoms with Crippen LogP contribution in [0.5, 0.6) is 0 Å². The van der Waals surface area contributed by atoms with E-state index in [1.807, 2.05) is 49.4 Å². The number of nitrogens with zero attached hydrogens (tertiary/aromatic N) is 3. The van der Waals surface area contributed by atoms with E-state index in [0.717, 1.165) is 22.3 Å². The molecule has 2 aromatic heterocycles. The van der Waals surface area contributed by atoms with Gasteiger partial charge >= 0.3 is 0 Å². The van der Waals surface area contributed by atoms with E-state index < -0.39 is 16.1 Å². The van der Waals surface area contributed by atoms with Crippen LogP contribution in [0, 0.1) is 6.92 Å². The molecular formula is C23H23N5O2S. The summed E-state index contributed by atoms with van der Waals surface area (Å²) in [6.45, 7) is 3.29. The Morgan fingerprint density at radius 2 is 1.71 bits per heavy atom. The smallest absolute Gasteiger partial charge is 0.243 e. The third-order valence-corrected chi connectivity index (χ3v) is 7.48. The quantitative estimate of drug-likeness (QED) is 0.515. The number of H-pyrrole nitrogens is 1. The van der Waals surface area contributed by atoms with Crippen molar-refractivity contribution < 1.29 is 8.42 Å². The number of aromatic amines is 1. The van der Waals surface area contributed by atoms with Crippen molar-refractivity contribution in [1.82, 2.24) is 24.6 Å². The van der Waals surface area contributed by atoms with Crippen LogP contribution in [-0.2, 0) is 10.0 Å². The number of aryl methyl sites for hydroxylation is 1. The lowest BCUT2D eigenvalue weighted by molar-refractivity contribution is 0.268. The molecule has 1 aliphatic rings. The first-order chi connectivity index (χ1) is 15.0. The van der Waals surface area contributed by atoms with Crippen LogP contribution in [-0.4, -0.2) is 47.3 Å². The van der Waals surface area contributed by atoms with Crippen molar-refractivity contribution in [3.63, 3.8) is 0 Å². The fourth-order valence-corrected chi connectivity index (χ4v) is 5.72. The highest BCUT2D eigenvalue weighted by molar-refractivity contribution is 7.89. The Bertz CT molecular complexity index is 1320. The predicted octanol–water partition coefficient (Wildman–Crippen LogP) is 3.27. The molecule has 3 heterocycles. The van der Waals surface area contributed by atoms with E-state index in [1.165, 1.54) is 0 Å². The Labute approximate surface area is 181 Å². The van der Waals surface area contributed by atoms with Crippen molar-refractivity contribution in [2.75, 3.05) is 19.6 Å². The molecule has 0 amide bonds. The summed E-state index contributed by atoms with van der Waals surface area (Å²) in [6, 6.07) is 20.1. The highest BCUT2D eigenvalue weighted by atomic mass is 32.2. The van der Waals surface area contributed by atoms with Crippen molar-refractivity contribution in [3.8, 4) is 11.3 Å². The van der Waals surface area contributed by atoms with Gasteiger partial charge in [-0.1, -0.05) is 48.5 Å². The Morgan fingerprint density at radius 3 is 2.45 bits per heavy atom. The number of rotatable bonds is 4. The van der Waals surface area contributed by atoms with Crippen molar-refractivity contribution in [2.45, 2.75) is 17.9 Å². The Morgan fingerprint density at radius 1 is 1.00 bits per heavy atom. The third kappa shape index (κ3) is 3.63. The van der Waals surface area contributed by atoms with E-state index in [1.54, 1.807) is 28.6 Å². The van der Waals surface area contributed by atoms with Gasteiger partial charge < -0.3 is 10.3 Å². The van der Waals surface area contributed by atoms with Gasteiger partial charge in [-0.2, -0.15) is 4.31 Å². The van der Waals surface area contributed by atoms with E-state index >= 15 is 0 Å². The van der Waals surface area contributed by atoms with Gasteiger partial charge in [0.05, 0.1) is 27.7 Å². The summed E-state index contributed by atoms with van der Waals surface area (Å²) in [5.74, 6) is 0.615. The first kappa shape index (κ1) is 19.9. The highest BCUT2D eigenvalue weighted by Gasteiger charge is 2.36. The first-order valence-electron chi connectivity index (χ1n) is 10.2. The van der Waals surface area contributed by atoms with Gasteiger partial charge in [-0.15, -0.1) is 0 Å². The zero-order valence-corrected chi connectivity index (χ0v) is 17.9. The second-order valence-corrected chi connectivity index (χ2v) is 9.50. The lowest BCUT2D eigenvalue weighted by Crippen LogP contribution is -2.49. The molecule has 1 saturated heterocycles. The van der Waals surface area contributed by atoms with E-state index in [4.69, 9.17) is 4.98 Å². The Hall–Kier alpha value is -3.07. The third-order valence-electron chi connectivity index (χ3n) is 5.56. The van der Waals surface area contributed by atoms with Gasteiger partial charge in [0, 0.05) is 25.3 Å². The van der Waals surface area contributed by atoms with Gasteiger partial charge in [-0.25, -0.2) is 18.4 Å². The predicted molar refractivity (Wildman–Crippen MR) is 120 cm³/mol. The van der Waals surface area contributed by atoms with Gasteiger partial charge in [0.15, 0.2) is 0 Å². The minimum Gasteiger partial charge on any atom is -0.352 e. The number of sulfonamides is 1. The van der Waals surface area contributed by atoms with E-state index in [-0.39, 0.29) is 0 Å². The topological polar surface area (TPSA) is 91.0 Å². The fourth-order valence-electron chi connectivity index (χ4n) is 4.11. The minimum atomic E-state index is -3.67. The average molecular weight is 434 g/mol. The molecule has 2 aromatic carbocycles. The molecule has 1 fully saturated rings. The highest BCUT2D eigenvalue weighted by Crippen LogP contribution is 2.33. The van der Waals surface area contributed by atoms with Gasteiger partial charge in [-0.05, 0) is 30.7 Å². The molecule has 1 aliphatic heterocycles. The number of nitrogens with one attached hydrogen (secondary N) is 2. The Kier molecular flexibility index (Phi) is 5.05. The van der Waals surface area contributed by atoms with Crippen molar-refractivity contribution in [2.24, 2.45) is 0 Å². The summed E-state index contributed by atoms with van der Waals surface area (Å²) in [7, 11) is -3.67. The lowest BCUT2D eigenvalue weighted by atomic mass is 10.1. The SMILES string of the molecule is Cc1nc(C2CNCCN2S(=O)(=O)c2ccccc2)c2[nH]c(-c3ccccc3)cc2n1. The van der Waals surface area contributed by atoms with Gasteiger partial charge in [-0.3, -0.25) is 0 Å². The van der Waals surface area contributed by atoms with E-state index in [2.05, 4.69) is 15.3 Å². The molecule has 158 valence electrons. The average Bonchev–Trinajstić information content (AvgIpc) is 3.24. The van der Waals surface area contributed by atoms with Crippen molar-refractivity contribution in [3.05, 3.63) is 78.2 Å². The van der Waals surface area contributed by atoms with Crippen LogP contribution >= 0.6 is 0 Å². The molecule has 0 spiro atoms. The molecule has 0 aliphatic carbocycles. The normalized spacial score (nSPS) is 17.8. The molecule has 31 heavy (non-hydrogen) atoms. The molecule has 7 nitrogen and oxygen atoms in total. The maximum absolute atomic E-state index is 13.5. The summed E-state index contributed by atoms with van der Waals surface area (Å²) in [5.41, 5.74) is 4.21. The fraction of sp³-hybridized carbons (Fsp3) is 0.217. The number of benzene rings is 2. The van der Waals surface area contributed by atoms with Crippen LogP contribution in [0.1, 0.15) is 17.6 Å². The summed E-state index contributed by atoms with van der Waals surface area (Å²) < 4.78 is 28.5. The number of hydrogen-bond donors (Lipinski definition) is 2. The van der Waals surface area contributed by atoms with Crippen LogP contribution in [0.3, 0.4) is 0 Å². The molecule has 8 heteroatoms. The summed E-state index contributed by atoms with van der Waals surface area (Å²) >= 11 is 0. The molecule has 5 rings (SSSR count). The second kappa shape index (κ2) is 7.88. The van der Waals surface area contributed by atoms with Gasteiger partial charge in [0.1, 0.15) is 5.82 Å². The molecule has 0 saturated carbocycles. The monoisotopic (exact) mass is 433 g/mol. The van der Waals surface area contributed by atoms with E-state index in [0.29, 0.717) is 36.0 Å². The number of aromatic nitrogens is 3. The summed E-state index contributed by atoms with van der Waals surface area (Å²) in [5, 5.41) is 3.33. The van der Waals surface area contributed by atoms with Crippen molar-refractivity contribution in [1.29, 1.82) is 0 Å². The first-order valence-corrected chi connectivity index (χ1v) is 11.7. The largest absolute Gasteiger partial charge is 0.352 e. The molecule has 2 N–H and O–H groups in total. The standard InChI is InChI=1S/C23H23N5O2S/c1-16-25-20-14-19(17-8-4-2-5-9-17)27-22(20)23(26-16)21-15-24-12-13-28(21)31(29,30)18-10-6-3-7-11-18/h2-11,14,21,24,27H,12-13,15H2,1H3. The maximum Gasteiger partial charge on any atom is 0.243 e. The van der Waals surface area contributed by atoms with Gasteiger partial charge in [0.2, 0.25) is 10.0 Å². The zero-order valence-electron chi connectivity index (χ0n) is 17.1. The molecule has 4 aromatic rings. The number of fused-ring (bicyclic) bond motifs is 1. The van der Waals surface area contributed by atoms with Crippen LogP contribution in [0.2, 0.25) is 0 Å². The van der Waals surface area contributed by atoms with Gasteiger partial charge in [0.25, 0.3) is 0 Å². The van der Waals surface area contributed by atoms with E-state index in [9.17, 15) is 8.42 Å². The summed E-state index contributed by atoms with van der Waals surface area (Å²) in [4.78, 5) is 13.0. The zero-order chi connectivity index (χ0) is 21.4.